The van der Waals surface area contributed by atoms with Crippen LogP contribution in [0.3, 0.4) is 0 Å². The van der Waals surface area contributed by atoms with Crippen LogP contribution in [-0.4, -0.2) is 28.2 Å². The predicted octanol–water partition coefficient (Wildman–Crippen LogP) is 1.66. The topological polar surface area (TPSA) is 86.5 Å². The molecular weight excluding hydrogens is 358 g/mol. The summed E-state index contributed by atoms with van der Waals surface area (Å²) in [6.45, 7) is 6.06. The van der Waals surface area contributed by atoms with Gasteiger partial charge in [0.15, 0.2) is 11.2 Å². The second kappa shape index (κ2) is 6.49. The normalized spacial score (nSPS) is 11.8. The SMILES string of the molecule is CCCn1c(=O)c2c(nc3n(-c4ccccc4CO)c(C)c(C)n23)n(C)c1=O. The molecule has 0 fully saturated rings. The number of aliphatic hydroxyl groups is 1. The number of aryl methyl sites for hydroxylation is 2. The van der Waals surface area contributed by atoms with Crippen molar-refractivity contribution < 1.29 is 5.11 Å². The molecule has 1 aromatic carbocycles. The number of hydrogen-bond acceptors (Lipinski definition) is 4. The first-order valence-corrected chi connectivity index (χ1v) is 9.31. The number of imidazole rings is 2. The van der Waals surface area contributed by atoms with Crippen molar-refractivity contribution in [3.63, 3.8) is 0 Å². The van der Waals surface area contributed by atoms with Crippen molar-refractivity contribution in [1.82, 2.24) is 23.1 Å². The Morgan fingerprint density at radius 1 is 1.11 bits per heavy atom. The zero-order valence-electron chi connectivity index (χ0n) is 16.4. The molecule has 8 nitrogen and oxygen atoms in total. The Bertz CT molecular complexity index is 1340. The molecule has 4 aromatic rings. The number of fused-ring (bicyclic) bond motifs is 3. The molecule has 28 heavy (non-hydrogen) atoms. The molecule has 0 amide bonds. The molecule has 0 aliphatic heterocycles. The Kier molecular flexibility index (Phi) is 4.23. The van der Waals surface area contributed by atoms with E-state index in [0.717, 1.165) is 22.6 Å². The molecule has 3 aromatic heterocycles. The third-order valence-corrected chi connectivity index (χ3v) is 5.37. The second-order valence-corrected chi connectivity index (χ2v) is 7.01. The van der Waals surface area contributed by atoms with Gasteiger partial charge in [0.1, 0.15) is 0 Å². The maximum Gasteiger partial charge on any atom is 0.332 e. The number of hydrogen-bond donors (Lipinski definition) is 1. The summed E-state index contributed by atoms with van der Waals surface area (Å²) in [6, 6.07) is 7.53. The van der Waals surface area contributed by atoms with E-state index in [1.807, 2.05) is 54.0 Å². The van der Waals surface area contributed by atoms with Crippen LogP contribution in [0, 0.1) is 13.8 Å². The van der Waals surface area contributed by atoms with E-state index in [-0.39, 0.29) is 17.9 Å². The molecule has 1 N–H and O–H groups in total. The molecule has 0 aliphatic rings. The fourth-order valence-corrected chi connectivity index (χ4v) is 3.82. The second-order valence-electron chi connectivity index (χ2n) is 7.01. The lowest BCUT2D eigenvalue weighted by Crippen LogP contribution is -2.39. The Morgan fingerprint density at radius 3 is 2.50 bits per heavy atom. The highest BCUT2D eigenvalue weighted by molar-refractivity contribution is 5.77. The third kappa shape index (κ3) is 2.31. The lowest BCUT2D eigenvalue weighted by atomic mass is 10.2. The van der Waals surface area contributed by atoms with E-state index in [0.29, 0.717) is 29.9 Å². The van der Waals surface area contributed by atoms with Crippen LogP contribution in [0.2, 0.25) is 0 Å². The highest BCUT2D eigenvalue weighted by Gasteiger charge is 2.23. The van der Waals surface area contributed by atoms with Gasteiger partial charge in [-0.15, -0.1) is 0 Å². The maximum absolute atomic E-state index is 13.1. The number of aliphatic hydroxyl groups excluding tert-OH is 1. The maximum atomic E-state index is 13.1. The smallest absolute Gasteiger partial charge is 0.332 e. The summed E-state index contributed by atoms with van der Waals surface area (Å²) < 4.78 is 6.43. The van der Waals surface area contributed by atoms with Gasteiger partial charge < -0.3 is 5.11 Å². The van der Waals surface area contributed by atoms with Crippen LogP contribution in [0.25, 0.3) is 22.6 Å². The molecule has 3 heterocycles. The monoisotopic (exact) mass is 381 g/mol. The van der Waals surface area contributed by atoms with Crippen molar-refractivity contribution in [3.05, 3.63) is 62.1 Å². The van der Waals surface area contributed by atoms with Crippen molar-refractivity contribution in [2.24, 2.45) is 7.05 Å². The van der Waals surface area contributed by atoms with Gasteiger partial charge in [-0.25, -0.2) is 4.79 Å². The molecule has 0 spiro atoms. The minimum Gasteiger partial charge on any atom is -0.392 e. The molecule has 0 bridgehead atoms. The number of para-hydroxylation sites is 1. The highest BCUT2D eigenvalue weighted by Crippen LogP contribution is 2.26. The minimum absolute atomic E-state index is 0.110. The zero-order chi connectivity index (χ0) is 20.2. The van der Waals surface area contributed by atoms with Crippen molar-refractivity contribution in [2.75, 3.05) is 0 Å². The van der Waals surface area contributed by atoms with Crippen molar-refractivity contribution >= 4 is 16.9 Å². The van der Waals surface area contributed by atoms with Crippen LogP contribution in [0.5, 0.6) is 0 Å². The Hall–Kier alpha value is -3.13. The third-order valence-electron chi connectivity index (χ3n) is 5.37. The zero-order valence-corrected chi connectivity index (χ0v) is 16.4. The van der Waals surface area contributed by atoms with Gasteiger partial charge in [-0.05, 0) is 26.3 Å². The summed E-state index contributed by atoms with van der Waals surface area (Å²) in [7, 11) is 1.64. The molecule has 4 rings (SSSR count). The highest BCUT2D eigenvalue weighted by atomic mass is 16.3. The molecule has 0 saturated heterocycles. The lowest BCUT2D eigenvalue weighted by molar-refractivity contribution is 0.281. The predicted molar refractivity (Wildman–Crippen MR) is 107 cm³/mol. The van der Waals surface area contributed by atoms with E-state index in [1.165, 1.54) is 9.13 Å². The summed E-state index contributed by atoms with van der Waals surface area (Å²) in [5.74, 6) is 0.548. The van der Waals surface area contributed by atoms with E-state index in [1.54, 1.807) is 7.05 Å². The number of benzene rings is 1. The van der Waals surface area contributed by atoms with E-state index in [9.17, 15) is 14.7 Å². The average Bonchev–Trinajstić information content (AvgIpc) is 3.19. The number of nitrogens with zero attached hydrogens (tertiary/aromatic N) is 5. The van der Waals surface area contributed by atoms with Crippen LogP contribution < -0.4 is 11.2 Å². The van der Waals surface area contributed by atoms with Crippen LogP contribution in [0.15, 0.2) is 33.9 Å². The molecule has 0 unspecified atom stereocenters. The standard InChI is InChI=1S/C20H23N5O3/c1-5-10-23-18(27)16-17(22(4)20(23)28)21-19-24(12(2)13(3)25(16)19)15-9-7-6-8-14(15)11-26/h6-9,26H,5,10-11H2,1-4H3. The molecule has 0 radical (unpaired) electrons. The minimum atomic E-state index is -0.364. The summed E-state index contributed by atoms with van der Waals surface area (Å²) in [4.78, 5) is 30.4. The molecule has 0 saturated carbocycles. The van der Waals surface area contributed by atoms with Gasteiger partial charge in [-0.1, -0.05) is 25.1 Å². The Balaban J connectivity index is 2.21. The van der Waals surface area contributed by atoms with Gasteiger partial charge in [0.2, 0.25) is 5.78 Å². The van der Waals surface area contributed by atoms with Crippen molar-refractivity contribution in [3.8, 4) is 5.69 Å². The number of rotatable bonds is 4. The van der Waals surface area contributed by atoms with E-state index in [2.05, 4.69) is 4.98 Å². The van der Waals surface area contributed by atoms with Crippen LogP contribution in [-0.2, 0) is 20.2 Å². The first-order chi connectivity index (χ1) is 13.4. The molecule has 0 atom stereocenters. The first-order valence-electron chi connectivity index (χ1n) is 9.31. The van der Waals surface area contributed by atoms with Crippen LogP contribution in [0.4, 0.5) is 0 Å². The van der Waals surface area contributed by atoms with Gasteiger partial charge in [-0.3, -0.25) is 22.9 Å². The van der Waals surface area contributed by atoms with E-state index in [4.69, 9.17) is 0 Å². The molecule has 0 aliphatic carbocycles. The molecular formula is C20H23N5O3. The largest absolute Gasteiger partial charge is 0.392 e. The van der Waals surface area contributed by atoms with Gasteiger partial charge >= 0.3 is 5.69 Å². The Labute approximate surface area is 160 Å². The van der Waals surface area contributed by atoms with Crippen LogP contribution >= 0.6 is 0 Å². The lowest BCUT2D eigenvalue weighted by Gasteiger charge is -2.10. The molecule has 146 valence electrons. The Morgan fingerprint density at radius 2 is 1.82 bits per heavy atom. The van der Waals surface area contributed by atoms with Crippen molar-refractivity contribution in [1.29, 1.82) is 0 Å². The van der Waals surface area contributed by atoms with Gasteiger partial charge in [0.05, 0.1) is 12.3 Å². The summed E-state index contributed by atoms with van der Waals surface area (Å²) >= 11 is 0. The fourth-order valence-electron chi connectivity index (χ4n) is 3.82. The number of aromatic nitrogens is 5. The van der Waals surface area contributed by atoms with E-state index < -0.39 is 0 Å². The summed E-state index contributed by atoms with van der Waals surface area (Å²) in [5.41, 5.74) is 3.40. The fraction of sp³-hybridized carbons (Fsp3) is 0.350. The van der Waals surface area contributed by atoms with E-state index >= 15 is 0 Å². The van der Waals surface area contributed by atoms with Gasteiger partial charge in [0.25, 0.3) is 5.56 Å². The summed E-state index contributed by atoms with van der Waals surface area (Å²) in [5, 5.41) is 9.77. The van der Waals surface area contributed by atoms with Gasteiger partial charge in [0, 0.05) is 30.5 Å². The molecule has 8 heteroatoms. The van der Waals surface area contributed by atoms with Crippen molar-refractivity contribution in [2.45, 2.75) is 40.3 Å². The average molecular weight is 381 g/mol. The van der Waals surface area contributed by atoms with Crippen LogP contribution in [0.1, 0.15) is 30.3 Å². The quantitative estimate of drug-likeness (QED) is 0.582. The van der Waals surface area contributed by atoms with Gasteiger partial charge in [-0.2, -0.15) is 4.98 Å². The first kappa shape index (κ1) is 18.2. The summed E-state index contributed by atoms with van der Waals surface area (Å²) in [6.07, 6.45) is 0.686.